The maximum absolute atomic E-state index is 11.2. The molecule has 0 unspecified atom stereocenters. The lowest BCUT2D eigenvalue weighted by Gasteiger charge is -2.19. The van der Waals surface area contributed by atoms with Crippen molar-refractivity contribution in [2.75, 3.05) is 27.8 Å². The molecule has 0 aliphatic heterocycles. The van der Waals surface area contributed by atoms with E-state index in [1.54, 1.807) is 26.3 Å². The molecule has 0 bridgehead atoms. The zero-order chi connectivity index (χ0) is 19.4. The van der Waals surface area contributed by atoms with Gasteiger partial charge < -0.3 is 25.5 Å². The first kappa shape index (κ1) is 22.5. The average molecular weight is 353 g/mol. The largest absolute Gasteiger partial charge is 0.495 e. The maximum Gasteiger partial charge on any atom is 0.407 e. The minimum absolute atomic E-state index is 0.0618. The van der Waals surface area contributed by atoms with Crippen LogP contribution in [0.1, 0.15) is 38.6 Å². The minimum Gasteiger partial charge on any atom is -0.495 e. The molecule has 8 nitrogen and oxygen atoms in total. The highest BCUT2D eigenvalue weighted by Crippen LogP contribution is 2.21. The molecule has 1 aromatic heterocycles. The van der Waals surface area contributed by atoms with Crippen molar-refractivity contribution in [3.05, 3.63) is 29.2 Å². The van der Waals surface area contributed by atoms with Crippen LogP contribution in [0.25, 0.3) is 5.70 Å². The predicted molar refractivity (Wildman–Crippen MR) is 99.6 cm³/mol. The van der Waals surface area contributed by atoms with Crippen molar-refractivity contribution in [3.63, 3.8) is 0 Å². The molecule has 0 saturated heterocycles. The summed E-state index contributed by atoms with van der Waals surface area (Å²) in [5, 5.41) is 3.66. The molecular formula is C17H31N5O3. The van der Waals surface area contributed by atoms with Crippen molar-refractivity contribution in [3.8, 4) is 5.75 Å². The first-order valence-corrected chi connectivity index (χ1v) is 8.21. The number of hydrogen-bond donors (Lipinski definition) is 3. The fourth-order valence-electron chi connectivity index (χ4n) is 1.80. The van der Waals surface area contributed by atoms with Gasteiger partial charge in [0.05, 0.1) is 29.9 Å². The molecule has 0 radical (unpaired) electrons. The van der Waals surface area contributed by atoms with E-state index in [2.05, 4.69) is 24.1 Å². The summed E-state index contributed by atoms with van der Waals surface area (Å²) < 4.78 is 10.2. The van der Waals surface area contributed by atoms with Crippen LogP contribution < -0.4 is 21.6 Å². The number of rotatable bonds is 6. The zero-order valence-corrected chi connectivity index (χ0v) is 16.0. The lowest BCUT2D eigenvalue weighted by Crippen LogP contribution is -2.32. The molecular weight excluding hydrogens is 322 g/mol. The quantitative estimate of drug-likeness (QED) is 0.528. The second-order valence-electron chi connectivity index (χ2n) is 5.20. The van der Waals surface area contributed by atoms with Crippen molar-refractivity contribution in [2.24, 2.45) is 11.6 Å². The third-order valence-corrected chi connectivity index (χ3v) is 3.04. The summed E-state index contributed by atoms with van der Waals surface area (Å²) in [6, 6.07) is 3.53. The maximum atomic E-state index is 11.2. The number of aryl methyl sites for hydroxylation is 1. The van der Waals surface area contributed by atoms with E-state index < -0.39 is 6.09 Å². The van der Waals surface area contributed by atoms with E-state index >= 15 is 0 Å². The number of alkyl carbamates (subject to hydrolysis) is 1. The molecule has 1 heterocycles. The van der Waals surface area contributed by atoms with Crippen LogP contribution in [-0.4, -0.2) is 43.9 Å². The molecule has 1 aromatic rings. The minimum atomic E-state index is -0.566. The van der Waals surface area contributed by atoms with Crippen LogP contribution in [0.15, 0.2) is 17.8 Å². The van der Waals surface area contributed by atoms with Crippen LogP contribution in [0.2, 0.25) is 0 Å². The number of hydrogen-bond acceptors (Lipinski definition) is 7. The predicted octanol–water partition coefficient (Wildman–Crippen LogP) is 1.86. The molecule has 5 N–H and O–H groups in total. The number of methoxy groups -OCH3 is 1. The van der Waals surface area contributed by atoms with E-state index in [0.29, 0.717) is 29.3 Å². The van der Waals surface area contributed by atoms with Crippen molar-refractivity contribution >= 4 is 11.8 Å². The number of likely N-dealkylation sites (N-methyl/N-ethyl adjacent to an activating group) is 1. The van der Waals surface area contributed by atoms with Crippen LogP contribution in [0.4, 0.5) is 4.79 Å². The highest BCUT2D eigenvalue weighted by molar-refractivity contribution is 5.68. The van der Waals surface area contributed by atoms with Crippen molar-refractivity contribution in [1.29, 1.82) is 0 Å². The summed E-state index contributed by atoms with van der Waals surface area (Å²) in [7, 11) is 4.67. The van der Waals surface area contributed by atoms with Gasteiger partial charge in [-0.1, -0.05) is 27.2 Å². The number of aromatic nitrogens is 1. The number of nitrogens with two attached hydrogens (primary N) is 2. The molecule has 0 saturated carbocycles. The Kier molecular flexibility index (Phi) is 10.8. The highest BCUT2D eigenvalue weighted by Gasteiger charge is 2.14. The van der Waals surface area contributed by atoms with Gasteiger partial charge in [0.2, 0.25) is 0 Å². The van der Waals surface area contributed by atoms with E-state index in [0.717, 1.165) is 5.69 Å². The second kappa shape index (κ2) is 12.0. The molecule has 0 spiro atoms. The number of pyridine rings is 1. The lowest BCUT2D eigenvalue weighted by atomic mass is 10.2. The SMILES string of the molecule is CCC.CCc1nc(/C(N)=C(\COC(=O)NC)N(C)N)ccc1OC. The van der Waals surface area contributed by atoms with Gasteiger partial charge in [0.1, 0.15) is 12.4 Å². The van der Waals surface area contributed by atoms with Crippen molar-refractivity contribution in [1.82, 2.24) is 15.3 Å². The van der Waals surface area contributed by atoms with Gasteiger partial charge >= 0.3 is 6.09 Å². The van der Waals surface area contributed by atoms with Gasteiger partial charge in [-0.2, -0.15) is 0 Å². The third kappa shape index (κ3) is 7.30. The third-order valence-electron chi connectivity index (χ3n) is 3.04. The van der Waals surface area contributed by atoms with E-state index in [1.165, 1.54) is 18.5 Å². The fraction of sp³-hybridized carbons (Fsp3) is 0.529. The molecule has 1 rings (SSSR count). The molecule has 8 heteroatoms. The highest BCUT2D eigenvalue weighted by atomic mass is 16.5. The van der Waals surface area contributed by atoms with Gasteiger partial charge in [-0.05, 0) is 18.6 Å². The zero-order valence-electron chi connectivity index (χ0n) is 16.0. The first-order valence-electron chi connectivity index (χ1n) is 8.21. The van der Waals surface area contributed by atoms with Crippen LogP contribution in [0, 0.1) is 0 Å². The normalized spacial score (nSPS) is 10.8. The summed E-state index contributed by atoms with van der Waals surface area (Å²) in [5.41, 5.74) is 8.25. The topological polar surface area (TPSA) is 116 Å². The van der Waals surface area contributed by atoms with Gasteiger partial charge in [0.15, 0.2) is 0 Å². The first-order chi connectivity index (χ1) is 11.9. The number of amides is 1. The van der Waals surface area contributed by atoms with Crippen LogP contribution in [-0.2, 0) is 11.2 Å². The molecule has 0 aromatic carbocycles. The molecule has 1 amide bonds. The number of carbonyl (C=O) groups excluding carboxylic acids is 1. The Bertz CT molecular complexity index is 573. The molecule has 0 aliphatic rings. The van der Waals surface area contributed by atoms with Crippen LogP contribution in [0.5, 0.6) is 5.75 Å². The van der Waals surface area contributed by atoms with Gasteiger partial charge in [-0.3, -0.25) is 0 Å². The van der Waals surface area contributed by atoms with Gasteiger partial charge in [-0.25, -0.2) is 15.6 Å². The molecule has 0 aliphatic carbocycles. The second-order valence-corrected chi connectivity index (χ2v) is 5.20. The fourth-order valence-corrected chi connectivity index (χ4v) is 1.80. The Labute approximate surface area is 150 Å². The van der Waals surface area contributed by atoms with Gasteiger partial charge in [0, 0.05) is 14.1 Å². The number of nitrogens with one attached hydrogen (secondary N) is 1. The van der Waals surface area contributed by atoms with Crippen molar-refractivity contribution in [2.45, 2.75) is 33.6 Å². The van der Waals surface area contributed by atoms with E-state index in [4.69, 9.17) is 21.1 Å². The molecule has 0 fully saturated rings. The van der Waals surface area contributed by atoms with E-state index in [9.17, 15) is 4.79 Å². The Morgan fingerprint density at radius 2 is 1.92 bits per heavy atom. The Hall–Kier alpha value is -2.48. The number of ether oxygens (including phenoxy) is 2. The summed E-state index contributed by atoms with van der Waals surface area (Å²) in [5.74, 6) is 6.46. The number of hydrazine groups is 1. The van der Waals surface area contributed by atoms with Gasteiger partial charge in [-0.15, -0.1) is 0 Å². The lowest BCUT2D eigenvalue weighted by molar-refractivity contribution is 0.150. The summed E-state index contributed by atoms with van der Waals surface area (Å²) in [6.45, 7) is 6.16. The van der Waals surface area contributed by atoms with Crippen LogP contribution in [0.3, 0.4) is 0 Å². The molecule has 0 atom stereocenters. The summed E-state index contributed by atoms with van der Waals surface area (Å²) >= 11 is 0. The molecule has 25 heavy (non-hydrogen) atoms. The van der Waals surface area contributed by atoms with Gasteiger partial charge in [0.25, 0.3) is 0 Å². The number of carbonyl (C=O) groups is 1. The standard InChI is InChI=1S/C14H23N5O3.C3H8/c1-5-9-12(21-4)7-6-10(18-9)13(15)11(19(3)16)8-22-14(20)17-2;1-3-2/h6-7H,5,8,15-16H2,1-4H3,(H,17,20);3H2,1-2H3/b13-11-;. The number of nitrogens with zero attached hydrogens (tertiary/aromatic N) is 2. The van der Waals surface area contributed by atoms with E-state index in [-0.39, 0.29) is 6.61 Å². The summed E-state index contributed by atoms with van der Waals surface area (Å²) in [4.78, 5) is 15.7. The Morgan fingerprint density at radius 3 is 2.36 bits per heavy atom. The average Bonchev–Trinajstić information content (AvgIpc) is 2.61. The van der Waals surface area contributed by atoms with E-state index in [1.807, 2.05) is 6.92 Å². The summed E-state index contributed by atoms with van der Waals surface area (Å²) in [6.07, 6.45) is 1.39. The van der Waals surface area contributed by atoms with Crippen molar-refractivity contribution < 1.29 is 14.3 Å². The van der Waals surface area contributed by atoms with Crippen LogP contribution >= 0.6 is 0 Å². The smallest absolute Gasteiger partial charge is 0.407 e. The molecule has 142 valence electrons. The Morgan fingerprint density at radius 1 is 1.32 bits per heavy atom. The monoisotopic (exact) mass is 353 g/mol. The Balaban J connectivity index is 0.00000178.